The quantitative estimate of drug-likeness (QED) is 0.841. The van der Waals surface area contributed by atoms with E-state index in [9.17, 15) is 9.90 Å². The number of hydrogen-bond acceptors (Lipinski definition) is 4. The van der Waals surface area contributed by atoms with Crippen LogP contribution in [0.2, 0.25) is 0 Å². The number of rotatable bonds is 6. The average molecular weight is 319 g/mol. The van der Waals surface area contributed by atoms with Crippen LogP contribution in [0.15, 0.2) is 16.6 Å². The summed E-state index contributed by atoms with van der Waals surface area (Å²) in [6, 6.07) is 2.80. The lowest BCUT2D eigenvalue weighted by Gasteiger charge is -2.15. The van der Waals surface area contributed by atoms with Gasteiger partial charge in [-0.2, -0.15) is 0 Å². The highest BCUT2D eigenvalue weighted by Gasteiger charge is 2.15. The molecule has 5 nitrogen and oxygen atoms in total. The summed E-state index contributed by atoms with van der Waals surface area (Å²) in [5.74, 6) is -0.353. The molecule has 0 saturated carbocycles. The number of hydrogen-bond donors (Lipinski definition) is 2. The van der Waals surface area contributed by atoms with E-state index >= 15 is 0 Å². The molecule has 1 aromatic rings. The van der Waals surface area contributed by atoms with Crippen molar-refractivity contribution in [2.24, 2.45) is 0 Å². The molecule has 100 valence electrons. The molecule has 1 unspecified atom stereocenters. The van der Waals surface area contributed by atoms with Crippen molar-refractivity contribution in [3.05, 3.63) is 22.2 Å². The predicted octanol–water partition coefficient (Wildman–Crippen LogP) is 2.31. The molecule has 0 amide bonds. The van der Waals surface area contributed by atoms with E-state index in [1.165, 1.54) is 19.2 Å². The number of aliphatic hydroxyl groups is 1. The summed E-state index contributed by atoms with van der Waals surface area (Å²) in [6.07, 6.45) is 0.00779. The Labute approximate surface area is 113 Å². The van der Waals surface area contributed by atoms with Crippen molar-refractivity contribution >= 4 is 21.9 Å². The first-order chi connectivity index (χ1) is 8.49. The number of halogens is 1. The first-order valence-corrected chi connectivity index (χ1v) is 6.20. The molecule has 0 aliphatic rings. The Balaban J connectivity index is 3.00. The highest BCUT2D eigenvalue weighted by molar-refractivity contribution is 9.10. The highest BCUT2D eigenvalue weighted by Crippen LogP contribution is 2.36. The monoisotopic (exact) mass is 318 g/mol. The van der Waals surface area contributed by atoms with E-state index in [0.29, 0.717) is 22.4 Å². The van der Waals surface area contributed by atoms with Gasteiger partial charge in [0.25, 0.3) is 0 Å². The molecule has 1 aromatic carbocycles. The third-order valence-electron chi connectivity index (χ3n) is 2.37. The van der Waals surface area contributed by atoms with Gasteiger partial charge in [-0.3, -0.25) is 0 Å². The van der Waals surface area contributed by atoms with Gasteiger partial charge in [-0.05, 0) is 34.5 Å². The topological polar surface area (TPSA) is 76.0 Å². The SMILES string of the molecule is CCC(O)COc1c(Br)cc(C(=O)O)cc1OC. The van der Waals surface area contributed by atoms with Gasteiger partial charge in [-0.25, -0.2) is 4.79 Å². The molecule has 0 fully saturated rings. The second-order valence-corrected chi connectivity index (χ2v) is 4.52. The van der Waals surface area contributed by atoms with E-state index in [4.69, 9.17) is 14.6 Å². The van der Waals surface area contributed by atoms with E-state index < -0.39 is 12.1 Å². The summed E-state index contributed by atoms with van der Waals surface area (Å²) in [7, 11) is 1.43. The molecule has 0 aliphatic heterocycles. The number of ether oxygens (including phenoxy) is 2. The largest absolute Gasteiger partial charge is 0.493 e. The van der Waals surface area contributed by atoms with Crippen molar-refractivity contribution < 1.29 is 24.5 Å². The maximum atomic E-state index is 10.9. The molecule has 0 spiro atoms. The normalized spacial score (nSPS) is 12.0. The minimum absolute atomic E-state index is 0.0992. The van der Waals surface area contributed by atoms with Crippen molar-refractivity contribution in [2.45, 2.75) is 19.4 Å². The number of aliphatic hydroxyl groups excluding tert-OH is 1. The molecule has 0 bridgehead atoms. The van der Waals surface area contributed by atoms with Gasteiger partial charge < -0.3 is 19.7 Å². The summed E-state index contributed by atoms with van der Waals surface area (Å²) < 4.78 is 11.0. The van der Waals surface area contributed by atoms with Crippen molar-refractivity contribution in [3.8, 4) is 11.5 Å². The zero-order valence-corrected chi connectivity index (χ0v) is 11.7. The summed E-state index contributed by atoms with van der Waals surface area (Å²) in [5.41, 5.74) is 0.0992. The zero-order valence-electron chi connectivity index (χ0n) is 10.1. The molecule has 18 heavy (non-hydrogen) atoms. The van der Waals surface area contributed by atoms with Gasteiger partial charge in [0.2, 0.25) is 0 Å². The van der Waals surface area contributed by atoms with Gasteiger partial charge in [0.1, 0.15) is 6.61 Å². The van der Waals surface area contributed by atoms with E-state index in [-0.39, 0.29) is 12.2 Å². The summed E-state index contributed by atoms with van der Waals surface area (Å²) >= 11 is 3.23. The fourth-order valence-corrected chi connectivity index (χ4v) is 1.84. The van der Waals surface area contributed by atoms with E-state index in [1.54, 1.807) is 0 Å². The van der Waals surface area contributed by atoms with Crippen LogP contribution in [0.25, 0.3) is 0 Å². The third-order valence-corrected chi connectivity index (χ3v) is 2.96. The number of carbonyl (C=O) groups is 1. The maximum Gasteiger partial charge on any atom is 0.335 e. The smallest absolute Gasteiger partial charge is 0.335 e. The maximum absolute atomic E-state index is 10.9. The molecule has 1 atom stereocenters. The molecule has 0 heterocycles. The summed E-state index contributed by atoms with van der Waals surface area (Å²) in [4.78, 5) is 10.9. The number of aromatic carboxylic acids is 1. The second kappa shape index (κ2) is 6.61. The van der Waals surface area contributed by atoms with E-state index in [2.05, 4.69) is 15.9 Å². The first kappa shape index (κ1) is 14.8. The van der Waals surface area contributed by atoms with Gasteiger partial charge in [-0.1, -0.05) is 6.92 Å². The van der Waals surface area contributed by atoms with Crippen LogP contribution in [0.4, 0.5) is 0 Å². The standard InChI is InChI=1S/C12H15BrO5/c1-3-8(14)6-18-11-9(13)4-7(12(15)16)5-10(11)17-2/h4-5,8,14H,3,6H2,1-2H3,(H,15,16). The molecule has 0 radical (unpaired) electrons. The van der Waals surface area contributed by atoms with Crippen LogP contribution >= 0.6 is 15.9 Å². The Morgan fingerprint density at radius 1 is 1.50 bits per heavy atom. The minimum Gasteiger partial charge on any atom is -0.493 e. The molecule has 1 rings (SSSR count). The van der Waals surface area contributed by atoms with Gasteiger partial charge in [0, 0.05) is 0 Å². The van der Waals surface area contributed by atoms with Crippen LogP contribution in [0.5, 0.6) is 11.5 Å². The fourth-order valence-electron chi connectivity index (χ4n) is 1.28. The molecule has 0 saturated heterocycles. The molecule has 0 aliphatic carbocycles. The molecule has 6 heteroatoms. The average Bonchev–Trinajstić information content (AvgIpc) is 2.35. The molecule has 2 N–H and O–H groups in total. The Hall–Kier alpha value is -1.27. The Bertz CT molecular complexity index is 433. The lowest BCUT2D eigenvalue weighted by Crippen LogP contribution is -2.16. The van der Waals surface area contributed by atoms with Crippen molar-refractivity contribution in [2.75, 3.05) is 13.7 Å². The van der Waals surface area contributed by atoms with E-state index in [1.807, 2.05) is 6.92 Å². The van der Waals surface area contributed by atoms with Crippen LogP contribution in [-0.2, 0) is 0 Å². The second-order valence-electron chi connectivity index (χ2n) is 3.67. The molecular formula is C12H15BrO5. The first-order valence-electron chi connectivity index (χ1n) is 5.41. The lowest BCUT2D eigenvalue weighted by molar-refractivity contribution is 0.0695. The fraction of sp³-hybridized carbons (Fsp3) is 0.417. The number of carboxylic acid groups (broad SMARTS) is 1. The number of benzene rings is 1. The Morgan fingerprint density at radius 2 is 2.17 bits per heavy atom. The minimum atomic E-state index is -1.05. The Morgan fingerprint density at radius 3 is 2.67 bits per heavy atom. The predicted molar refractivity (Wildman–Crippen MR) is 69.4 cm³/mol. The number of methoxy groups -OCH3 is 1. The van der Waals surface area contributed by atoms with E-state index in [0.717, 1.165) is 0 Å². The van der Waals surface area contributed by atoms with Crippen LogP contribution in [0, 0.1) is 0 Å². The van der Waals surface area contributed by atoms with Crippen LogP contribution < -0.4 is 9.47 Å². The van der Waals surface area contributed by atoms with Crippen LogP contribution in [-0.4, -0.2) is 36.0 Å². The molecular weight excluding hydrogens is 304 g/mol. The summed E-state index contributed by atoms with van der Waals surface area (Å²) in [6.45, 7) is 1.96. The zero-order chi connectivity index (χ0) is 13.7. The van der Waals surface area contributed by atoms with Crippen molar-refractivity contribution in [1.29, 1.82) is 0 Å². The van der Waals surface area contributed by atoms with Crippen LogP contribution in [0.3, 0.4) is 0 Å². The lowest BCUT2D eigenvalue weighted by atomic mass is 10.2. The van der Waals surface area contributed by atoms with Gasteiger partial charge >= 0.3 is 5.97 Å². The van der Waals surface area contributed by atoms with Gasteiger partial charge in [0.15, 0.2) is 11.5 Å². The van der Waals surface area contributed by atoms with Crippen LogP contribution in [0.1, 0.15) is 23.7 Å². The van der Waals surface area contributed by atoms with Gasteiger partial charge in [0.05, 0.1) is 23.2 Å². The van der Waals surface area contributed by atoms with Crippen molar-refractivity contribution in [3.63, 3.8) is 0 Å². The highest BCUT2D eigenvalue weighted by atomic mass is 79.9. The number of carboxylic acids is 1. The van der Waals surface area contributed by atoms with Crippen molar-refractivity contribution in [1.82, 2.24) is 0 Å². The molecule has 0 aromatic heterocycles. The summed E-state index contributed by atoms with van der Waals surface area (Å²) in [5, 5.41) is 18.4. The Kier molecular flexibility index (Phi) is 5.43. The third kappa shape index (κ3) is 3.61. The van der Waals surface area contributed by atoms with Gasteiger partial charge in [-0.15, -0.1) is 0 Å².